The number of carbonyl (C=O) groups is 1. The zero-order chi connectivity index (χ0) is 10.7. The predicted octanol–water partition coefficient (Wildman–Crippen LogP) is 1.43. The third-order valence-electron chi connectivity index (χ3n) is 2.66. The summed E-state index contributed by atoms with van der Waals surface area (Å²) in [7, 11) is 3.44. The number of hydrogen-bond donors (Lipinski definition) is 0. The molecule has 0 unspecified atom stereocenters. The van der Waals surface area contributed by atoms with Crippen LogP contribution in [0.5, 0.6) is 0 Å². The minimum atomic E-state index is -0.242. The Kier molecular flexibility index (Phi) is 3.34. The zero-order valence-electron chi connectivity index (χ0n) is 9.03. The Hall–Kier alpha value is -1.24. The Labute approximate surface area is 85.1 Å². The van der Waals surface area contributed by atoms with Crippen LogP contribution in [0.1, 0.15) is 26.2 Å². The van der Waals surface area contributed by atoms with Crippen LogP contribution in [-0.4, -0.2) is 42.0 Å². The van der Waals surface area contributed by atoms with Crippen LogP contribution >= 0.6 is 0 Å². The lowest BCUT2D eigenvalue weighted by Crippen LogP contribution is -2.51. The molecule has 0 saturated carbocycles. The predicted molar refractivity (Wildman–Crippen MR) is 53.6 cm³/mol. The topological polar surface area (TPSA) is 47.3 Å². The summed E-state index contributed by atoms with van der Waals surface area (Å²) < 4.78 is 0. The minimum absolute atomic E-state index is 0.0521. The molecule has 0 spiro atoms. The van der Waals surface area contributed by atoms with Crippen molar-refractivity contribution in [3.8, 4) is 6.07 Å². The van der Waals surface area contributed by atoms with Gasteiger partial charge in [-0.25, -0.2) is 4.79 Å². The number of likely N-dealkylation sites (tertiary alicyclic amines) is 1. The van der Waals surface area contributed by atoms with Gasteiger partial charge >= 0.3 is 6.03 Å². The molecule has 14 heavy (non-hydrogen) atoms. The van der Waals surface area contributed by atoms with E-state index in [1.54, 1.807) is 19.0 Å². The van der Waals surface area contributed by atoms with Gasteiger partial charge < -0.3 is 9.80 Å². The molecule has 0 aromatic carbocycles. The average molecular weight is 195 g/mol. The van der Waals surface area contributed by atoms with Crippen molar-refractivity contribution >= 4 is 6.03 Å². The first-order valence-electron chi connectivity index (χ1n) is 4.97. The van der Waals surface area contributed by atoms with Gasteiger partial charge in [-0.15, -0.1) is 0 Å². The fourth-order valence-corrected chi connectivity index (χ4v) is 1.87. The van der Waals surface area contributed by atoms with Crippen molar-refractivity contribution in [2.24, 2.45) is 0 Å². The molecule has 2 amide bonds. The first kappa shape index (κ1) is 10.8. The van der Waals surface area contributed by atoms with Gasteiger partial charge in [0.05, 0.1) is 6.07 Å². The molecular weight excluding hydrogens is 178 g/mol. The van der Waals surface area contributed by atoms with Crippen LogP contribution in [0.15, 0.2) is 0 Å². The Bertz CT molecular complexity index is 257. The second-order valence-electron chi connectivity index (χ2n) is 4.01. The molecular formula is C10H17N3O. The highest BCUT2D eigenvalue weighted by atomic mass is 16.2. The van der Waals surface area contributed by atoms with Crippen molar-refractivity contribution in [3.05, 3.63) is 0 Å². The molecule has 4 nitrogen and oxygen atoms in total. The van der Waals surface area contributed by atoms with Crippen molar-refractivity contribution in [2.75, 3.05) is 14.1 Å². The quantitative estimate of drug-likeness (QED) is 0.587. The molecule has 4 heteroatoms. The molecule has 78 valence electrons. The van der Waals surface area contributed by atoms with Gasteiger partial charge in [0, 0.05) is 20.1 Å². The third-order valence-corrected chi connectivity index (χ3v) is 2.66. The van der Waals surface area contributed by atoms with E-state index in [0.29, 0.717) is 0 Å². The molecule has 0 aliphatic carbocycles. The van der Waals surface area contributed by atoms with Crippen molar-refractivity contribution in [2.45, 2.75) is 38.3 Å². The standard InChI is InChI=1S/C10H17N3O/c1-8-5-4-6-9(7-11)13(8)10(14)12(2)3/h8-9H,4-6H2,1-3H3/t8-,9+/m0/s1. The summed E-state index contributed by atoms with van der Waals surface area (Å²) in [4.78, 5) is 15.0. The van der Waals surface area contributed by atoms with Crippen LogP contribution < -0.4 is 0 Å². The number of piperidine rings is 1. The van der Waals surface area contributed by atoms with E-state index in [2.05, 4.69) is 6.07 Å². The van der Waals surface area contributed by atoms with Crippen LogP contribution in [-0.2, 0) is 0 Å². The third kappa shape index (κ3) is 1.98. The second-order valence-corrected chi connectivity index (χ2v) is 4.01. The molecule has 1 rings (SSSR count). The highest BCUT2D eigenvalue weighted by Gasteiger charge is 2.32. The van der Waals surface area contributed by atoms with Crippen molar-refractivity contribution in [3.63, 3.8) is 0 Å². The first-order chi connectivity index (χ1) is 6.57. The maximum atomic E-state index is 11.8. The van der Waals surface area contributed by atoms with Crippen molar-refractivity contribution in [1.82, 2.24) is 9.80 Å². The van der Waals surface area contributed by atoms with Gasteiger partial charge in [0.1, 0.15) is 6.04 Å². The molecule has 0 N–H and O–H groups in total. The van der Waals surface area contributed by atoms with Gasteiger partial charge in [0.2, 0.25) is 0 Å². The molecule has 1 heterocycles. The number of urea groups is 1. The van der Waals surface area contributed by atoms with Gasteiger partial charge in [-0.3, -0.25) is 0 Å². The molecule has 2 atom stereocenters. The van der Waals surface area contributed by atoms with Crippen LogP contribution in [0.3, 0.4) is 0 Å². The van der Waals surface area contributed by atoms with Crippen LogP contribution in [0.2, 0.25) is 0 Å². The smallest absolute Gasteiger partial charge is 0.320 e. The lowest BCUT2D eigenvalue weighted by atomic mass is 9.98. The number of nitrogens with zero attached hydrogens (tertiary/aromatic N) is 3. The summed E-state index contributed by atoms with van der Waals surface area (Å²) >= 11 is 0. The van der Waals surface area contributed by atoms with Crippen molar-refractivity contribution < 1.29 is 4.79 Å². The Balaban J connectivity index is 2.80. The number of rotatable bonds is 0. The average Bonchev–Trinajstić information content (AvgIpc) is 2.16. The summed E-state index contributed by atoms with van der Waals surface area (Å²) in [6, 6.07) is 2.09. The van der Waals surface area contributed by atoms with Gasteiger partial charge in [-0.05, 0) is 26.2 Å². The van der Waals surface area contributed by atoms with Gasteiger partial charge in [0.25, 0.3) is 0 Å². The molecule has 0 bridgehead atoms. The van der Waals surface area contributed by atoms with Crippen LogP contribution in [0.4, 0.5) is 4.79 Å². The van der Waals surface area contributed by atoms with Crippen LogP contribution in [0, 0.1) is 11.3 Å². The number of nitriles is 1. The molecule has 1 aliphatic heterocycles. The van der Waals surface area contributed by atoms with Gasteiger partial charge in [-0.2, -0.15) is 5.26 Å². The summed E-state index contributed by atoms with van der Waals surface area (Å²) in [5.74, 6) is 0. The lowest BCUT2D eigenvalue weighted by Gasteiger charge is -2.38. The van der Waals surface area contributed by atoms with E-state index in [1.165, 1.54) is 4.90 Å². The first-order valence-corrected chi connectivity index (χ1v) is 4.97. The monoisotopic (exact) mass is 195 g/mol. The molecule has 1 fully saturated rings. The summed E-state index contributed by atoms with van der Waals surface area (Å²) in [6.07, 6.45) is 2.84. The highest BCUT2D eigenvalue weighted by Crippen LogP contribution is 2.23. The fraction of sp³-hybridized carbons (Fsp3) is 0.800. The van der Waals surface area contributed by atoms with E-state index in [9.17, 15) is 4.79 Å². The van der Waals surface area contributed by atoms with E-state index in [-0.39, 0.29) is 18.1 Å². The Morgan fingerprint density at radius 1 is 1.50 bits per heavy atom. The molecule has 0 aromatic rings. The normalized spacial score (nSPS) is 26.9. The minimum Gasteiger partial charge on any atom is -0.331 e. The molecule has 1 aliphatic rings. The maximum Gasteiger partial charge on any atom is 0.320 e. The number of carbonyl (C=O) groups excluding carboxylic acids is 1. The summed E-state index contributed by atoms with van der Waals surface area (Å²) in [5, 5.41) is 8.95. The molecule has 0 aromatic heterocycles. The summed E-state index contributed by atoms with van der Waals surface area (Å²) in [6.45, 7) is 2.00. The van der Waals surface area contributed by atoms with E-state index in [0.717, 1.165) is 19.3 Å². The second kappa shape index (κ2) is 4.32. The largest absolute Gasteiger partial charge is 0.331 e. The zero-order valence-corrected chi connectivity index (χ0v) is 9.03. The summed E-state index contributed by atoms with van der Waals surface area (Å²) in [5.41, 5.74) is 0. The van der Waals surface area contributed by atoms with Crippen LogP contribution in [0.25, 0.3) is 0 Å². The van der Waals surface area contributed by atoms with E-state index in [4.69, 9.17) is 5.26 Å². The SMILES string of the molecule is C[C@H]1CCC[C@H](C#N)N1C(=O)N(C)C. The number of amides is 2. The highest BCUT2D eigenvalue weighted by molar-refractivity contribution is 5.75. The van der Waals surface area contributed by atoms with Gasteiger partial charge in [0.15, 0.2) is 0 Å². The van der Waals surface area contributed by atoms with E-state index in [1.807, 2.05) is 6.92 Å². The fourth-order valence-electron chi connectivity index (χ4n) is 1.87. The molecule has 1 saturated heterocycles. The van der Waals surface area contributed by atoms with Gasteiger partial charge in [-0.1, -0.05) is 0 Å². The Morgan fingerprint density at radius 2 is 2.14 bits per heavy atom. The van der Waals surface area contributed by atoms with Crippen molar-refractivity contribution in [1.29, 1.82) is 5.26 Å². The van der Waals surface area contributed by atoms with E-state index < -0.39 is 0 Å². The maximum absolute atomic E-state index is 11.8. The van der Waals surface area contributed by atoms with E-state index >= 15 is 0 Å². The number of hydrogen-bond acceptors (Lipinski definition) is 2. The molecule has 0 radical (unpaired) electrons. The Morgan fingerprint density at radius 3 is 2.64 bits per heavy atom. The lowest BCUT2D eigenvalue weighted by molar-refractivity contribution is 0.115.